The van der Waals surface area contributed by atoms with Crippen molar-refractivity contribution in [1.82, 2.24) is 0 Å². The fraction of sp³-hybridized carbons (Fsp3) is 0.300. The maximum Gasteiger partial charge on any atom is 0.343 e. The predicted octanol–water partition coefficient (Wildman–Crippen LogP) is 1.08. The lowest BCUT2D eigenvalue weighted by Gasteiger charge is -2.17. The van der Waals surface area contributed by atoms with Gasteiger partial charge in [-0.2, -0.15) is 0 Å². The summed E-state index contributed by atoms with van der Waals surface area (Å²) in [6.45, 7) is 3.53. The van der Waals surface area contributed by atoms with Crippen molar-refractivity contribution in [3.8, 4) is 11.5 Å². The van der Waals surface area contributed by atoms with E-state index in [-0.39, 0.29) is 17.3 Å². The van der Waals surface area contributed by atoms with Gasteiger partial charge in [0.2, 0.25) is 0 Å². The Morgan fingerprint density at radius 1 is 1.12 bits per heavy atom. The lowest BCUT2D eigenvalue weighted by atomic mass is 9.95. The normalized spacial score (nSPS) is 10.7. The summed E-state index contributed by atoms with van der Waals surface area (Å²) < 4.78 is 0. The minimum absolute atomic E-state index is 0.109. The number of hydrogen-bond donors (Lipinski definition) is 5. The molecular weight excluding hydrogens is 212 g/mol. The van der Waals surface area contributed by atoms with Gasteiger partial charge in [-0.05, 0) is 5.92 Å². The summed E-state index contributed by atoms with van der Waals surface area (Å²) in [7, 11) is 0. The average molecular weight is 226 g/mol. The first-order valence-corrected chi connectivity index (χ1v) is 4.65. The van der Waals surface area contributed by atoms with E-state index in [1.54, 1.807) is 13.8 Å². The zero-order valence-electron chi connectivity index (χ0n) is 8.98. The van der Waals surface area contributed by atoms with Gasteiger partial charge in [-0.25, -0.2) is 4.79 Å². The summed E-state index contributed by atoms with van der Waals surface area (Å²) in [6, 6.07) is 0. The molecule has 0 amide bonds. The molecule has 0 atom stereocenters. The van der Waals surface area contributed by atoms with Crippen LogP contribution in [0.5, 0.6) is 11.5 Å². The lowest BCUT2D eigenvalue weighted by Crippen LogP contribution is -2.08. The molecule has 0 unspecified atom stereocenters. The molecule has 0 aliphatic rings. The third-order valence-corrected chi connectivity index (χ3v) is 2.36. The number of anilines is 2. The first-order chi connectivity index (χ1) is 7.29. The van der Waals surface area contributed by atoms with Gasteiger partial charge in [-0.3, -0.25) is 0 Å². The Bertz CT molecular complexity index is 426. The number of hydrogen-bond acceptors (Lipinski definition) is 5. The smallest absolute Gasteiger partial charge is 0.343 e. The topological polar surface area (TPSA) is 130 Å². The molecule has 0 saturated carbocycles. The van der Waals surface area contributed by atoms with E-state index in [2.05, 4.69) is 0 Å². The Morgan fingerprint density at radius 3 is 1.75 bits per heavy atom. The van der Waals surface area contributed by atoms with Crippen LogP contribution < -0.4 is 11.5 Å². The van der Waals surface area contributed by atoms with Crippen LogP contribution in [-0.2, 0) is 0 Å². The summed E-state index contributed by atoms with van der Waals surface area (Å²) in [5, 5.41) is 28.0. The van der Waals surface area contributed by atoms with Crippen molar-refractivity contribution in [3.05, 3.63) is 11.1 Å². The third kappa shape index (κ3) is 1.58. The molecule has 16 heavy (non-hydrogen) atoms. The minimum atomic E-state index is -1.48. The fourth-order valence-electron chi connectivity index (χ4n) is 1.61. The summed E-state index contributed by atoms with van der Waals surface area (Å²) in [6.07, 6.45) is 0. The van der Waals surface area contributed by atoms with Crippen molar-refractivity contribution in [1.29, 1.82) is 0 Å². The Hall–Kier alpha value is -2.11. The molecule has 7 N–H and O–H groups in total. The van der Waals surface area contributed by atoms with Crippen LogP contribution in [0, 0.1) is 0 Å². The second-order valence-corrected chi connectivity index (χ2v) is 3.77. The van der Waals surface area contributed by atoms with E-state index in [1.807, 2.05) is 0 Å². The lowest BCUT2D eigenvalue weighted by molar-refractivity contribution is 0.0690. The van der Waals surface area contributed by atoms with Crippen LogP contribution in [0.4, 0.5) is 11.4 Å². The van der Waals surface area contributed by atoms with Gasteiger partial charge in [0.15, 0.2) is 11.5 Å². The van der Waals surface area contributed by atoms with Gasteiger partial charge in [-0.1, -0.05) is 13.8 Å². The highest BCUT2D eigenvalue weighted by atomic mass is 16.4. The van der Waals surface area contributed by atoms with Gasteiger partial charge in [0.1, 0.15) is 5.56 Å². The van der Waals surface area contributed by atoms with E-state index >= 15 is 0 Å². The number of aromatic carboxylic acids is 1. The van der Waals surface area contributed by atoms with Crippen LogP contribution in [-0.4, -0.2) is 21.3 Å². The summed E-state index contributed by atoms with van der Waals surface area (Å²) in [5.41, 5.74) is 10.6. The van der Waals surface area contributed by atoms with Gasteiger partial charge in [0, 0.05) is 5.56 Å². The number of nitrogen functional groups attached to an aromatic ring is 2. The van der Waals surface area contributed by atoms with Crippen LogP contribution in [0.3, 0.4) is 0 Å². The van der Waals surface area contributed by atoms with Crippen LogP contribution >= 0.6 is 0 Å². The second kappa shape index (κ2) is 3.80. The van der Waals surface area contributed by atoms with Crippen molar-refractivity contribution in [2.75, 3.05) is 11.5 Å². The molecule has 0 heterocycles. The Morgan fingerprint density at radius 2 is 1.50 bits per heavy atom. The Labute approximate surface area is 92.1 Å². The van der Waals surface area contributed by atoms with Crippen molar-refractivity contribution in [3.63, 3.8) is 0 Å². The molecule has 0 bridgehead atoms. The largest absolute Gasteiger partial charge is 0.505 e. The third-order valence-electron chi connectivity index (χ3n) is 2.36. The average Bonchev–Trinajstić information content (AvgIpc) is 2.14. The maximum atomic E-state index is 10.8. The van der Waals surface area contributed by atoms with E-state index in [9.17, 15) is 15.0 Å². The highest BCUT2D eigenvalue weighted by Crippen LogP contribution is 2.44. The van der Waals surface area contributed by atoms with Crippen molar-refractivity contribution in [2.45, 2.75) is 19.8 Å². The van der Waals surface area contributed by atoms with Crippen LogP contribution in [0.15, 0.2) is 0 Å². The summed E-state index contributed by atoms with van der Waals surface area (Å²) >= 11 is 0. The van der Waals surface area contributed by atoms with Gasteiger partial charge in [0.25, 0.3) is 0 Å². The van der Waals surface area contributed by atoms with E-state index in [0.29, 0.717) is 5.56 Å². The van der Waals surface area contributed by atoms with Gasteiger partial charge < -0.3 is 26.8 Å². The first kappa shape index (κ1) is 12.0. The summed E-state index contributed by atoms with van der Waals surface area (Å²) in [4.78, 5) is 10.8. The number of phenols is 2. The molecule has 88 valence electrons. The highest BCUT2D eigenvalue weighted by molar-refractivity contribution is 6.00. The molecule has 0 spiro atoms. The van der Waals surface area contributed by atoms with E-state index in [1.165, 1.54) is 0 Å². The molecule has 6 nitrogen and oxygen atoms in total. The molecule has 0 aliphatic heterocycles. The summed E-state index contributed by atoms with van der Waals surface area (Å²) in [5.74, 6) is -2.92. The van der Waals surface area contributed by atoms with Crippen molar-refractivity contribution >= 4 is 17.3 Å². The monoisotopic (exact) mass is 226 g/mol. The Balaban J connectivity index is 3.70. The van der Waals surface area contributed by atoms with Gasteiger partial charge in [0.05, 0.1) is 11.4 Å². The molecule has 1 rings (SSSR count). The molecule has 0 fully saturated rings. The van der Waals surface area contributed by atoms with Gasteiger partial charge >= 0.3 is 5.97 Å². The minimum Gasteiger partial charge on any atom is -0.505 e. The molecule has 6 heteroatoms. The second-order valence-electron chi connectivity index (χ2n) is 3.77. The first-order valence-electron chi connectivity index (χ1n) is 4.65. The number of aromatic hydroxyl groups is 2. The van der Waals surface area contributed by atoms with Crippen LogP contribution in [0.2, 0.25) is 0 Å². The number of carbonyl (C=O) groups is 1. The maximum absolute atomic E-state index is 10.8. The number of rotatable bonds is 2. The molecule has 1 aromatic carbocycles. The standard InChI is InChI=1S/C10H14N2O4/c1-3(2)4-6(11)8(13)5(10(15)16)9(14)7(4)12/h3,13-14H,11-12H2,1-2H3,(H,15,16). The van der Waals surface area contributed by atoms with E-state index in [0.717, 1.165) is 0 Å². The van der Waals surface area contributed by atoms with E-state index < -0.39 is 23.0 Å². The highest BCUT2D eigenvalue weighted by Gasteiger charge is 2.25. The SMILES string of the molecule is CC(C)c1c(N)c(O)c(C(=O)O)c(O)c1N. The van der Waals surface area contributed by atoms with Crippen LogP contribution in [0.25, 0.3) is 0 Å². The number of carboxylic acid groups (broad SMARTS) is 1. The quantitative estimate of drug-likeness (QED) is 0.291. The molecule has 0 saturated heterocycles. The van der Waals surface area contributed by atoms with Gasteiger partial charge in [-0.15, -0.1) is 0 Å². The van der Waals surface area contributed by atoms with Crippen LogP contribution in [0.1, 0.15) is 35.7 Å². The Kier molecular flexibility index (Phi) is 2.84. The number of nitrogens with two attached hydrogens (primary N) is 2. The molecule has 0 aromatic heterocycles. The molecule has 0 aliphatic carbocycles. The van der Waals surface area contributed by atoms with E-state index in [4.69, 9.17) is 16.6 Å². The molecule has 0 radical (unpaired) electrons. The zero-order valence-corrected chi connectivity index (χ0v) is 8.98. The fourth-order valence-corrected chi connectivity index (χ4v) is 1.61. The number of benzene rings is 1. The number of carboxylic acids is 1. The van der Waals surface area contributed by atoms with Crippen molar-refractivity contribution in [2.24, 2.45) is 0 Å². The van der Waals surface area contributed by atoms with Crippen molar-refractivity contribution < 1.29 is 20.1 Å². The predicted molar refractivity (Wildman–Crippen MR) is 59.6 cm³/mol. The molecule has 1 aromatic rings. The molecular formula is C10H14N2O4. The zero-order chi connectivity index (χ0) is 12.6.